The summed E-state index contributed by atoms with van der Waals surface area (Å²) in [6, 6.07) is 5.34. The number of pyridine rings is 1. The van der Waals surface area contributed by atoms with Gasteiger partial charge in [0.2, 0.25) is 0 Å². The van der Waals surface area contributed by atoms with Crippen molar-refractivity contribution in [2.24, 2.45) is 0 Å². The van der Waals surface area contributed by atoms with E-state index in [0.717, 1.165) is 10.8 Å². The average Bonchev–Trinajstić information content (AvgIpc) is 2.28. The van der Waals surface area contributed by atoms with E-state index >= 15 is 0 Å². The minimum atomic E-state index is -0.506. The van der Waals surface area contributed by atoms with Gasteiger partial charge in [-0.2, -0.15) is 0 Å². The molecule has 78 valence electrons. The second-order valence-corrected chi connectivity index (χ2v) is 3.49. The van der Waals surface area contributed by atoms with Gasteiger partial charge in [-0.1, -0.05) is 6.07 Å². The Hall–Kier alpha value is -2.43. The number of aromatic amines is 2. The number of rotatable bonds is 0. The monoisotopic (exact) mass is 213 g/mol. The van der Waals surface area contributed by atoms with E-state index in [1.807, 2.05) is 12.1 Å². The molecule has 0 spiro atoms. The number of hydrogen-bond donors (Lipinski definition) is 2. The van der Waals surface area contributed by atoms with Gasteiger partial charge in [0.1, 0.15) is 0 Å². The van der Waals surface area contributed by atoms with Gasteiger partial charge >= 0.3 is 5.69 Å². The molecule has 0 unspecified atom stereocenters. The van der Waals surface area contributed by atoms with Crippen molar-refractivity contribution in [3.63, 3.8) is 0 Å². The van der Waals surface area contributed by atoms with Gasteiger partial charge in [0.25, 0.3) is 5.56 Å². The molecule has 0 radical (unpaired) electrons. The van der Waals surface area contributed by atoms with Crippen LogP contribution in [0.4, 0.5) is 0 Å². The molecule has 2 heterocycles. The van der Waals surface area contributed by atoms with Crippen molar-refractivity contribution < 1.29 is 0 Å². The number of aromatic nitrogens is 3. The second-order valence-electron chi connectivity index (χ2n) is 3.49. The van der Waals surface area contributed by atoms with Crippen LogP contribution in [0.1, 0.15) is 0 Å². The molecule has 0 atom stereocenters. The van der Waals surface area contributed by atoms with Crippen LogP contribution in [0.15, 0.2) is 40.2 Å². The van der Waals surface area contributed by atoms with Crippen LogP contribution in [-0.2, 0) is 0 Å². The van der Waals surface area contributed by atoms with E-state index in [9.17, 15) is 9.59 Å². The number of nitrogens with one attached hydrogen (secondary N) is 2. The fraction of sp³-hybridized carbons (Fsp3) is 0. The van der Waals surface area contributed by atoms with Crippen molar-refractivity contribution in [2.45, 2.75) is 0 Å². The minimum Gasteiger partial charge on any atom is -0.306 e. The zero-order valence-corrected chi connectivity index (χ0v) is 8.15. The Bertz CT molecular complexity index is 801. The third kappa shape index (κ3) is 1.15. The van der Waals surface area contributed by atoms with Crippen LogP contribution < -0.4 is 11.2 Å². The van der Waals surface area contributed by atoms with Crippen LogP contribution in [0.5, 0.6) is 0 Å². The van der Waals surface area contributed by atoms with Gasteiger partial charge < -0.3 is 4.98 Å². The summed E-state index contributed by atoms with van der Waals surface area (Å²) in [4.78, 5) is 31.6. The summed E-state index contributed by atoms with van der Waals surface area (Å²) in [6.45, 7) is 0. The van der Waals surface area contributed by atoms with Crippen LogP contribution in [0.2, 0.25) is 0 Å². The van der Waals surface area contributed by atoms with E-state index in [-0.39, 0.29) is 5.56 Å². The maximum absolute atomic E-state index is 11.5. The first-order valence-electron chi connectivity index (χ1n) is 4.75. The van der Waals surface area contributed by atoms with Crippen molar-refractivity contribution >= 4 is 21.7 Å². The molecule has 5 nitrogen and oxygen atoms in total. The Morgan fingerprint density at radius 3 is 2.75 bits per heavy atom. The molecule has 0 fully saturated rings. The first-order chi connectivity index (χ1) is 7.75. The number of benzene rings is 1. The average molecular weight is 213 g/mol. The molecule has 0 aliphatic rings. The number of nitrogens with zero attached hydrogens (tertiary/aromatic N) is 1. The van der Waals surface area contributed by atoms with E-state index in [0.29, 0.717) is 10.9 Å². The Morgan fingerprint density at radius 1 is 1.00 bits per heavy atom. The number of H-pyrrole nitrogens is 2. The summed E-state index contributed by atoms with van der Waals surface area (Å²) in [5.41, 5.74) is -0.363. The molecule has 0 saturated heterocycles. The van der Waals surface area contributed by atoms with Crippen molar-refractivity contribution in [3.8, 4) is 0 Å². The molecule has 0 bridgehead atoms. The van der Waals surface area contributed by atoms with E-state index in [1.54, 1.807) is 18.5 Å². The first-order valence-corrected chi connectivity index (χ1v) is 4.75. The molecule has 3 rings (SSSR count). The van der Waals surface area contributed by atoms with E-state index in [4.69, 9.17) is 0 Å². The van der Waals surface area contributed by atoms with Gasteiger partial charge in [0.05, 0.1) is 10.9 Å². The van der Waals surface area contributed by atoms with Crippen molar-refractivity contribution in [3.05, 3.63) is 51.4 Å². The molecule has 16 heavy (non-hydrogen) atoms. The summed E-state index contributed by atoms with van der Waals surface area (Å²) >= 11 is 0. The number of hydrogen-bond acceptors (Lipinski definition) is 3. The quantitative estimate of drug-likeness (QED) is 0.541. The van der Waals surface area contributed by atoms with E-state index < -0.39 is 5.69 Å². The normalized spacial score (nSPS) is 11.0. The molecular weight excluding hydrogens is 206 g/mol. The van der Waals surface area contributed by atoms with Crippen molar-refractivity contribution in [2.75, 3.05) is 0 Å². The minimum absolute atomic E-state index is 0.385. The van der Waals surface area contributed by atoms with Gasteiger partial charge in [-0.3, -0.25) is 14.8 Å². The Kier molecular flexibility index (Phi) is 1.67. The molecule has 0 amide bonds. The van der Waals surface area contributed by atoms with E-state index in [2.05, 4.69) is 15.0 Å². The Labute approximate surface area is 88.8 Å². The highest BCUT2D eigenvalue weighted by molar-refractivity contribution is 6.04. The lowest BCUT2D eigenvalue weighted by molar-refractivity contribution is 1.08. The summed E-state index contributed by atoms with van der Waals surface area (Å²) in [7, 11) is 0. The fourth-order valence-electron chi connectivity index (χ4n) is 1.80. The molecule has 0 saturated carbocycles. The standard InChI is InChI=1S/C11H7N3O2/c15-10-7-2-1-6-3-4-12-5-8(6)9(7)13-11(16)14-10/h1-5H,(H2,13,14,15,16). The Morgan fingerprint density at radius 2 is 1.88 bits per heavy atom. The van der Waals surface area contributed by atoms with Crippen molar-refractivity contribution in [1.29, 1.82) is 0 Å². The SMILES string of the molecule is O=c1[nH]c(=O)c2ccc3ccncc3c2[nH]1. The van der Waals surface area contributed by atoms with Crippen LogP contribution in [0.3, 0.4) is 0 Å². The maximum atomic E-state index is 11.5. The van der Waals surface area contributed by atoms with Crippen LogP contribution in [0, 0.1) is 0 Å². The van der Waals surface area contributed by atoms with E-state index in [1.165, 1.54) is 0 Å². The number of fused-ring (bicyclic) bond motifs is 3. The summed E-state index contributed by atoms with van der Waals surface area (Å²) < 4.78 is 0. The Balaban J connectivity index is 2.70. The summed E-state index contributed by atoms with van der Waals surface area (Å²) in [6.07, 6.45) is 3.30. The topological polar surface area (TPSA) is 78.6 Å². The molecule has 0 aliphatic heterocycles. The lowest BCUT2D eigenvalue weighted by Gasteiger charge is -2.01. The van der Waals surface area contributed by atoms with Gasteiger partial charge in [-0.05, 0) is 17.5 Å². The highest BCUT2D eigenvalue weighted by atomic mass is 16.2. The molecule has 0 aliphatic carbocycles. The predicted molar refractivity (Wildman–Crippen MR) is 60.5 cm³/mol. The zero-order valence-electron chi connectivity index (χ0n) is 8.15. The van der Waals surface area contributed by atoms with Crippen LogP contribution in [0.25, 0.3) is 21.7 Å². The third-order valence-corrected chi connectivity index (χ3v) is 2.53. The molecule has 1 aromatic carbocycles. The molecule has 2 N–H and O–H groups in total. The predicted octanol–water partition coefficient (Wildman–Crippen LogP) is 0.765. The fourth-order valence-corrected chi connectivity index (χ4v) is 1.80. The van der Waals surface area contributed by atoms with Crippen molar-refractivity contribution in [1.82, 2.24) is 15.0 Å². The first kappa shape index (κ1) is 8.84. The van der Waals surface area contributed by atoms with Gasteiger partial charge in [-0.15, -0.1) is 0 Å². The maximum Gasteiger partial charge on any atom is 0.326 e. The lowest BCUT2D eigenvalue weighted by Crippen LogP contribution is -2.21. The second kappa shape index (κ2) is 3.03. The summed E-state index contributed by atoms with van der Waals surface area (Å²) in [5, 5.41) is 2.16. The third-order valence-electron chi connectivity index (χ3n) is 2.53. The van der Waals surface area contributed by atoms with Crippen LogP contribution >= 0.6 is 0 Å². The highest BCUT2D eigenvalue weighted by Gasteiger charge is 2.04. The highest BCUT2D eigenvalue weighted by Crippen LogP contribution is 2.18. The van der Waals surface area contributed by atoms with Gasteiger partial charge in [-0.25, -0.2) is 4.79 Å². The molecule has 5 heteroatoms. The summed E-state index contributed by atoms with van der Waals surface area (Å²) in [5.74, 6) is 0. The smallest absolute Gasteiger partial charge is 0.306 e. The molecule has 2 aromatic heterocycles. The largest absolute Gasteiger partial charge is 0.326 e. The van der Waals surface area contributed by atoms with Gasteiger partial charge in [0, 0.05) is 17.8 Å². The van der Waals surface area contributed by atoms with Gasteiger partial charge in [0.15, 0.2) is 0 Å². The molecular formula is C11H7N3O2. The van der Waals surface area contributed by atoms with Crippen LogP contribution in [-0.4, -0.2) is 15.0 Å². The zero-order chi connectivity index (χ0) is 11.1. The molecule has 3 aromatic rings. The lowest BCUT2D eigenvalue weighted by atomic mass is 10.1.